The van der Waals surface area contributed by atoms with Crippen LogP contribution < -0.4 is 0 Å². The summed E-state index contributed by atoms with van der Waals surface area (Å²) in [6.45, 7) is 1.99. The number of alkyl halides is 3. The smallest absolute Gasteiger partial charge is 0.404 e. The molecule has 2 aliphatic rings. The van der Waals surface area contributed by atoms with E-state index in [0.717, 1.165) is 11.2 Å². The molecule has 0 radical (unpaired) electrons. The SMILES string of the molecule is CCC(C)(C(=O)OC1C2CCC(O2)C1OS(=O)(=O)N(C)C)C(F)(F)F. The molecule has 0 N–H and O–H groups in total. The van der Waals surface area contributed by atoms with Gasteiger partial charge >= 0.3 is 22.4 Å². The van der Waals surface area contributed by atoms with Gasteiger partial charge < -0.3 is 9.47 Å². The third-order valence-electron chi connectivity index (χ3n) is 4.85. The summed E-state index contributed by atoms with van der Waals surface area (Å²) in [4.78, 5) is 12.2. The van der Waals surface area contributed by atoms with E-state index >= 15 is 0 Å². The first kappa shape index (κ1) is 20.4. The fourth-order valence-electron chi connectivity index (χ4n) is 2.80. The summed E-state index contributed by atoms with van der Waals surface area (Å²) < 4.78 is 80.0. The first-order valence-corrected chi connectivity index (χ1v) is 9.24. The summed E-state index contributed by atoms with van der Waals surface area (Å²) >= 11 is 0. The van der Waals surface area contributed by atoms with E-state index in [1.165, 1.54) is 21.0 Å². The number of carbonyl (C=O) groups is 1. The molecule has 0 aromatic rings. The van der Waals surface area contributed by atoms with E-state index in [1.807, 2.05) is 0 Å². The molecule has 2 fully saturated rings. The fourth-order valence-corrected chi connectivity index (χ4v) is 3.48. The van der Waals surface area contributed by atoms with Crippen molar-refractivity contribution in [1.82, 2.24) is 4.31 Å². The molecule has 11 heteroatoms. The molecule has 0 spiro atoms. The predicted molar refractivity (Wildman–Crippen MR) is 79.7 cm³/mol. The Bertz CT molecular complexity index is 623. The Kier molecular flexibility index (Phi) is 5.45. The Labute approximate surface area is 144 Å². The largest absolute Gasteiger partial charge is 0.456 e. The van der Waals surface area contributed by atoms with E-state index in [4.69, 9.17) is 13.7 Å². The Morgan fingerprint density at radius 2 is 1.72 bits per heavy atom. The Balaban J connectivity index is 2.20. The van der Waals surface area contributed by atoms with Crippen LogP contribution >= 0.6 is 0 Å². The topological polar surface area (TPSA) is 82.1 Å². The van der Waals surface area contributed by atoms with Crippen LogP contribution in [-0.2, 0) is 28.8 Å². The Morgan fingerprint density at radius 3 is 2.16 bits per heavy atom. The first-order valence-electron chi connectivity index (χ1n) is 7.87. The molecule has 0 amide bonds. The molecule has 5 atom stereocenters. The molecule has 2 saturated heterocycles. The van der Waals surface area contributed by atoms with Gasteiger partial charge in [-0.2, -0.15) is 25.9 Å². The fraction of sp³-hybridized carbons (Fsp3) is 0.929. The van der Waals surface area contributed by atoms with E-state index in [1.54, 1.807) is 0 Å². The minimum Gasteiger partial charge on any atom is -0.456 e. The highest BCUT2D eigenvalue weighted by Gasteiger charge is 2.60. The van der Waals surface area contributed by atoms with Gasteiger partial charge in [0.15, 0.2) is 11.5 Å². The average Bonchev–Trinajstić information content (AvgIpc) is 3.07. The summed E-state index contributed by atoms with van der Waals surface area (Å²) in [7, 11) is -1.60. The van der Waals surface area contributed by atoms with E-state index < -0.39 is 58.7 Å². The molecule has 2 bridgehead atoms. The van der Waals surface area contributed by atoms with Crippen molar-refractivity contribution >= 4 is 16.3 Å². The Hall–Kier alpha value is -0.910. The zero-order chi connectivity index (χ0) is 19.2. The summed E-state index contributed by atoms with van der Waals surface area (Å²) in [6.07, 6.45) is -8.03. The maximum absolute atomic E-state index is 13.2. The maximum atomic E-state index is 13.2. The molecule has 2 aliphatic heterocycles. The number of fused-ring (bicyclic) bond motifs is 2. The highest BCUT2D eigenvalue weighted by atomic mass is 32.2. The number of esters is 1. The number of carbonyl (C=O) groups excluding carboxylic acids is 1. The van der Waals surface area contributed by atoms with Gasteiger partial charge in [0.1, 0.15) is 6.10 Å². The van der Waals surface area contributed by atoms with Gasteiger partial charge in [-0.25, -0.2) is 4.18 Å². The van der Waals surface area contributed by atoms with Gasteiger partial charge in [0, 0.05) is 14.1 Å². The van der Waals surface area contributed by atoms with Gasteiger partial charge in [-0.05, 0) is 26.2 Å². The molecule has 146 valence electrons. The Morgan fingerprint density at radius 1 is 1.20 bits per heavy atom. The van der Waals surface area contributed by atoms with Crippen molar-refractivity contribution in [2.75, 3.05) is 14.1 Å². The molecule has 2 heterocycles. The van der Waals surface area contributed by atoms with Crippen molar-refractivity contribution in [1.29, 1.82) is 0 Å². The molecular weight excluding hydrogens is 367 g/mol. The van der Waals surface area contributed by atoms with Crippen LogP contribution in [-0.4, -0.2) is 63.4 Å². The third-order valence-corrected chi connectivity index (χ3v) is 6.21. The third kappa shape index (κ3) is 3.64. The molecular formula is C14H22F3NO6S. The number of hydrogen-bond donors (Lipinski definition) is 0. The number of rotatable bonds is 6. The monoisotopic (exact) mass is 389 g/mol. The average molecular weight is 389 g/mol. The van der Waals surface area contributed by atoms with Crippen molar-refractivity contribution in [3.05, 3.63) is 0 Å². The normalized spacial score (nSPS) is 32.0. The molecule has 7 nitrogen and oxygen atoms in total. The van der Waals surface area contributed by atoms with Crippen LogP contribution in [0.4, 0.5) is 13.2 Å². The second-order valence-corrected chi connectivity index (χ2v) is 8.42. The van der Waals surface area contributed by atoms with Gasteiger partial charge in [0.25, 0.3) is 0 Å². The van der Waals surface area contributed by atoms with Gasteiger partial charge in [0.05, 0.1) is 12.2 Å². The molecule has 0 aromatic heterocycles. The lowest BCUT2D eigenvalue weighted by Crippen LogP contribution is -2.50. The van der Waals surface area contributed by atoms with Crippen molar-refractivity contribution in [3.63, 3.8) is 0 Å². The number of nitrogens with zero attached hydrogens (tertiary/aromatic N) is 1. The molecule has 25 heavy (non-hydrogen) atoms. The van der Waals surface area contributed by atoms with Crippen molar-refractivity contribution in [2.45, 2.75) is 63.7 Å². The number of halogens is 3. The lowest BCUT2D eigenvalue weighted by atomic mass is 9.86. The van der Waals surface area contributed by atoms with E-state index in [9.17, 15) is 26.4 Å². The van der Waals surface area contributed by atoms with Crippen LogP contribution in [0.25, 0.3) is 0 Å². The number of ether oxygens (including phenoxy) is 2. The van der Waals surface area contributed by atoms with Crippen LogP contribution in [0.15, 0.2) is 0 Å². The molecule has 2 rings (SSSR count). The lowest BCUT2D eigenvalue weighted by molar-refractivity contribution is -0.235. The standard InChI is InChI=1S/C14H22F3NO6S/c1-5-13(2,14(15,16)17)12(19)23-10-8-6-7-9(22-8)11(10)24-25(20,21)18(3)4/h8-11H,5-7H2,1-4H3. The summed E-state index contributed by atoms with van der Waals surface area (Å²) in [6, 6.07) is 0. The predicted octanol–water partition coefficient (Wildman–Crippen LogP) is 1.63. The van der Waals surface area contributed by atoms with Gasteiger partial charge in [-0.15, -0.1) is 0 Å². The van der Waals surface area contributed by atoms with E-state index in [0.29, 0.717) is 12.8 Å². The second-order valence-electron chi connectivity index (χ2n) is 6.64. The molecule has 0 aliphatic carbocycles. The highest BCUT2D eigenvalue weighted by Crippen LogP contribution is 2.44. The molecule has 0 aromatic carbocycles. The minimum absolute atomic E-state index is 0.458. The van der Waals surface area contributed by atoms with Crippen molar-refractivity contribution in [2.24, 2.45) is 5.41 Å². The summed E-state index contributed by atoms with van der Waals surface area (Å²) in [5, 5.41) is 0. The summed E-state index contributed by atoms with van der Waals surface area (Å²) in [5.41, 5.74) is -2.68. The maximum Gasteiger partial charge on any atom is 0.404 e. The lowest BCUT2D eigenvalue weighted by Gasteiger charge is -2.33. The van der Waals surface area contributed by atoms with Crippen LogP contribution in [0.1, 0.15) is 33.1 Å². The van der Waals surface area contributed by atoms with Crippen LogP contribution in [0.3, 0.4) is 0 Å². The second kappa shape index (κ2) is 6.67. The summed E-state index contributed by atoms with van der Waals surface area (Å²) in [5.74, 6) is -1.46. The van der Waals surface area contributed by atoms with Crippen LogP contribution in [0.5, 0.6) is 0 Å². The zero-order valence-electron chi connectivity index (χ0n) is 14.4. The van der Waals surface area contributed by atoms with Crippen LogP contribution in [0, 0.1) is 5.41 Å². The van der Waals surface area contributed by atoms with Crippen molar-refractivity contribution < 1.29 is 40.0 Å². The first-order chi connectivity index (χ1) is 11.3. The van der Waals surface area contributed by atoms with E-state index in [-0.39, 0.29) is 0 Å². The zero-order valence-corrected chi connectivity index (χ0v) is 15.2. The van der Waals surface area contributed by atoms with Gasteiger partial charge in [-0.3, -0.25) is 4.79 Å². The molecule has 5 unspecified atom stereocenters. The quantitative estimate of drug-likeness (QED) is 0.643. The van der Waals surface area contributed by atoms with Gasteiger partial charge in [0.2, 0.25) is 0 Å². The van der Waals surface area contributed by atoms with E-state index in [2.05, 4.69) is 0 Å². The highest BCUT2D eigenvalue weighted by molar-refractivity contribution is 7.84. The van der Waals surface area contributed by atoms with Crippen LogP contribution in [0.2, 0.25) is 0 Å². The minimum atomic E-state index is -4.79. The van der Waals surface area contributed by atoms with Gasteiger partial charge in [-0.1, -0.05) is 6.92 Å². The number of hydrogen-bond acceptors (Lipinski definition) is 6. The van der Waals surface area contributed by atoms with Crippen molar-refractivity contribution in [3.8, 4) is 0 Å². The molecule has 0 saturated carbocycles.